The topological polar surface area (TPSA) is 43.4 Å². The molecule has 4 heteroatoms. The maximum atomic E-state index is 11.7. The molecule has 0 bridgehead atoms. The molecule has 0 aliphatic rings. The van der Waals surface area contributed by atoms with Gasteiger partial charge in [-0.05, 0) is 44.0 Å². The molecule has 0 atom stereocenters. The molecule has 3 nitrogen and oxygen atoms in total. The highest BCUT2D eigenvalue weighted by Gasteiger charge is 2.20. The fourth-order valence-electron chi connectivity index (χ4n) is 1.33. The minimum Gasteiger partial charge on any atom is -0.460 e. The van der Waals surface area contributed by atoms with Gasteiger partial charge in [-0.25, -0.2) is 4.79 Å². The molecular formula is C12H13ClO3. The van der Waals surface area contributed by atoms with Gasteiger partial charge in [0.1, 0.15) is 0 Å². The summed E-state index contributed by atoms with van der Waals surface area (Å²) in [5.74, 6) is -1.45. The summed E-state index contributed by atoms with van der Waals surface area (Å²) < 4.78 is 4.66. The Labute approximate surface area is 99.4 Å². The lowest BCUT2D eigenvalue weighted by atomic mass is 10.0. The first kappa shape index (κ1) is 12.7. The molecule has 16 heavy (non-hydrogen) atoms. The number of hydrogen-bond acceptors (Lipinski definition) is 3. The summed E-state index contributed by atoms with van der Waals surface area (Å²) in [6.45, 7) is 5.36. The quantitative estimate of drug-likeness (QED) is 0.464. The van der Waals surface area contributed by atoms with E-state index in [1.807, 2.05) is 0 Å². The van der Waals surface area contributed by atoms with Crippen LogP contribution in [0.2, 0.25) is 5.02 Å². The summed E-state index contributed by atoms with van der Waals surface area (Å²) in [6.07, 6.45) is 0. The second-order valence-electron chi connectivity index (χ2n) is 3.47. The molecule has 0 aliphatic heterocycles. The molecule has 1 rings (SSSR count). The summed E-state index contributed by atoms with van der Waals surface area (Å²) in [7, 11) is 0. The minimum atomic E-state index is -0.827. The third-order valence-electron chi connectivity index (χ3n) is 2.21. The van der Waals surface area contributed by atoms with Gasteiger partial charge in [-0.3, -0.25) is 4.79 Å². The summed E-state index contributed by atoms with van der Waals surface area (Å²) in [5.41, 5.74) is 1.79. The second-order valence-corrected chi connectivity index (χ2v) is 3.87. The smallest absolute Gasteiger partial charge is 0.379 e. The predicted octanol–water partition coefficient (Wildman–Crippen LogP) is 2.70. The van der Waals surface area contributed by atoms with Crippen molar-refractivity contribution in [3.8, 4) is 0 Å². The van der Waals surface area contributed by atoms with Crippen molar-refractivity contribution in [3.63, 3.8) is 0 Å². The van der Waals surface area contributed by atoms with Crippen molar-refractivity contribution < 1.29 is 14.3 Å². The Morgan fingerprint density at radius 1 is 1.25 bits per heavy atom. The molecule has 0 aliphatic carbocycles. The molecule has 0 aromatic heterocycles. The third kappa shape index (κ3) is 2.61. The summed E-state index contributed by atoms with van der Waals surface area (Å²) >= 11 is 5.90. The summed E-state index contributed by atoms with van der Waals surface area (Å²) in [6, 6.07) is 3.28. The number of carbonyl (C=O) groups is 2. The van der Waals surface area contributed by atoms with E-state index in [2.05, 4.69) is 4.74 Å². The minimum absolute atomic E-state index is 0.191. The van der Waals surface area contributed by atoms with Gasteiger partial charge in [-0.1, -0.05) is 11.6 Å². The van der Waals surface area contributed by atoms with E-state index in [1.165, 1.54) is 0 Å². The van der Waals surface area contributed by atoms with Gasteiger partial charge in [0.25, 0.3) is 5.78 Å². The van der Waals surface area contributed by atoms with Gasteiger partial charge in [0.2, 0.25) is 0 Å². The molecule has 0 saturated carbocycles. The molecule has 1 aromatic carbocycles. The number of ether oxygens (including phenoxy) is 1. The first-order valence-electron chi connectivity index (χ1n) is 4.95. The van der Waals surface area contributed by atoms with Crippen LogP contribution in [0.1, 0.15) is 28.4 Å². The van der Waals surface area contributed by atoms with Gasteiger partial charge >= 0.3 is 5.97 Å². The number of benzene rings is 1. The Kier molecular flexibility index (Phi) is 4.07. The number of ketones is 1. The Morgan fingerprint density at radius 3 is 2.44 bits per heavy atom. The van der Waals surface area contributed by atoms with Gasteiger partial charge in [0, 0.05) is 10.6 Å². The molecule has 0 radical (unpaired) electrons. The number of aryl methyl sites for hydroxylation is 2. The van der Waals surface area contributed by atoms with E-state index in [9.17, 15) is 9.59 Å². The lowest BCUT2D eigenvalue weighted by Gasteiger charge is -2.07. The Bertz CT molecular complexity index is 438. The highest BCUT2D eigenvalue weighted by atomic mass is 35.5. The maximum absolute atomic E-state index is 11.7. The van der Waals surface area contributed by atoms with E-state index in [0.717, 1.165) is 5.56 Å². The van der Waals surface area contributed by atoms with E-state index >= 15 is 0 Å². The summed E-state index contributed by atoms with van der Waals surface area (Å²) in [5, 5.41) is 0.581. The fraction of sp³-hybridized carbons (Fsp3) is 0.333. The normalized spacial score (nSPS) is 10.0. The van der Waals surface area contributed by atoms with E-state index in [-0.39, 0.29) is 6.61 Å². The molecular weight excluding hydrogens is 228 g/mol. The van der Waals surface area contributed by atoms with Crippen LogP contribution in [-0.2, 0) is 9.53 Å². The molecule has 0 saturated heterocycles. The molecule has 86 valence electrons. The fourth-order valence-corrected chi connectivity index (χ4v) is 1.55. The monoisotopic (exact) mass is 240 g/mol. The van der Waals surface area contributed by atoms with Crippen LogP contribution < -0.4 is 0 Å². The van der Waals surface area contributed by atoms with Gasteiger partial charge in [0.05, 0.1) is 6.61 Å². The SMILES string of the molecule is CCOC(=O)C(=O)c1cc(C)c(Cl)cc1C. The van der Waals surface area contributed by atoms with E-state index in [0.29, 0.717) is 16.1 Å². The van der Waals surface area contributed by atoms with Crippen molar-refractivity contribution in [2.24, 2.45) is 0 Å². The largest absolute Gasteiger partial charge is 0.460 e. The van der Waals surface area contributed by atoms with Crippen molar-refractivity contribution in [3.05, 3.63) is 33.8 Å². The van der Waals surface area contributed by atoms with Crippen molar-refractivity contribution in [1.29, 1.82) is 0 Å². The van der Waals surface area contributed by atoms with E-state index < -0.39 is 11.8 Å². The van der Waals surface area contributed by atoms with E-state index in [1.54, 1.807) is 32.9 Å². The zero-order valence-electron chi connectivity index (χ0n) is 9.46. The number of esters is 1. The lowest BCUT2D eigenvalue weighted by Crippen LogP contribution is -2.18. The van der Waals surface area contributed by atoms with Crippen LogP contribution in [0.15, 0.2) is 12.1 Å². The molecule has 1 aromatic rings. The molecule has 0 heterocycles. The highest BCUT2D eigenvalue weighted by Crippen LogP contribution is 2.21. The number of carbonyl (C=O) groups excluding carboxylic acids is 2. The van der Waals surface area contributed by atoms with Crippen molar-refractivity contribution in [1.82, 2.24) is 0 Å². The van der Waals surface area contributed by atoms with Gasteiger partial charge < -0.3 is 4.74 Å². The van der Waals surface area contributed by atoms with Crippen LogP contribution in [0, 0.1) is 13.8 Å². The van der Waals surface area contributed by atoms with Crippen LogP contribution in [0.25, 0.3) is 0 Å². The van der Waals surface area contributed by atoms with Crippen LogP contribution in [-0.4, -0.2) is 18.4 Å². The first-order chi connectivity index (χ1) is 7.47. The Hall–Kier alpha value is -1.35. The van der Waals surface area contributed by atoms with Gasteiger partial charge in [-0.2, -0.15) is 0 Å². The average molecular weight is 241 g/mol. The Balaban J connectivity index is 3.09. The predicted molar refractivity (Wildman–Crippen MR) is 61.9 cm³/mol. The van der Waals surface area contributed by atoms with Gasteiger partial charge in [0.15, 0.2) is 0 Å². The van der Waals surface area contributed by atoms with Gasteiger partial charge in [-0.15, -0.1) is 0 Å². The molecule has 0 fully saturated rings. The van der Waals surface area contributed by atoms with E-state index in [4.69, 9.17) is 11.6 Å². The molecule has 0 spiro atoms. The first-order valence-corrected chi connectivity index (χ1v) is 5.33. The number of halogens is 1. The zero-order valence-corrected chi connectivity index (χ0v) is 10.2. The Morgan fingerprint density at radius 2 is 1.88 bits per heavy atom. The lowest BCUT2D eigenvalue weighted by molar-refractivity contribution is -0.137. The summed E-state index contributed by atoms with van der Waals surface area (Å²) in [4.78, 5) is 23.0. The average Bonchev–Trinajstić information content (AvgIpc) is 2.23. The number of hydrogen-bond donors (Lipinski definition) is 0. The van der Waals surface area contributed by atoms with Crippen LogP contribution in [0.3, 0.4) is 0 Å². The number of Topliss-reactive ketones (excluding diaryl/α,β-unsaturated/α-hetero) is 1. The highest BCUT2D eigenvalue weighted by molar-refractivity contribution is 6.41. The molecule has 0 N–H and O–H groups in total. The van der Waals surface area contributed by atoms with Crippen molar-refractivity contribution >= 4 is 23.4 Å². The second kappa shape index (κ2) is 5.12. The third-order valence-corrected chi connectivity index (χ3v) is 2.62. The van der Waals surface area contributed by atoms with Crippen LogP contribution in [0.5, 0.6) is 0 Å². The number of rotatable bonds is 3. The standard InChI is InChI=1S/C12H13ClO3/c1-4-16-12(15)11(14)9-5-8(3)10(13)6-7(9)2/h5-6H,4H2,1-3H3. The van der Waals surface area contributed by atoms with Crippen molar-refractivity contribution in [2.75, 3.05) is 6.61 Å². The molecule has 0 unspecified atom stereocenters. The van der Waals surface area contributed by atoms with Crippen LogP contribution >= 0.6 is 11.6 Å². The van der Waals surface area contributed by atoms with Crippen molar-refractivity contribution in [2.45, 2.75) is 20.8 Å². The molecule has 0 amide bonds. The van der Waals surface area contributed by atoms with Crippen LogP contribution in [0.4, 0.5) is 0 Å². The maximum Gasteiger partial charge on any atom is 0.379 e. The zero-order chi connectivity index (χ0) is 12.3.